The maximum Gasteiger partial charge on any atom is 0.341 e. The Balaban J connectivity index is 0. The third-order valence-electron chi connectivity index (χ3n) is 4.55. The predicted octanol–water partition coefficient (Wildman–Crippen LogP) is 2.39. The molecule has 0 amide bonds. The van der Waals surface area contributed by atoms with Crippen molar-refractivity contribution in [3.05, 3.63) is 0 Å². The minimum Gasteiger partial charge on any atom is -0.298 e. The molecule has 8 N–H and O–H groups in total. The molecule has 0 aliphatic carbocycles. The van der Waals surface area contributed by atoms with Crippen molar-refractivity contribution in [3.63, 3.8) is 0 Å². The Hall–Kier alpha value is -0.950. The van der Waals surface area contributed by atoms with Gasteiger partial charge in [0.1, 0.15) is 0 Å². The Labute approximate surface area is 191 Å². The van der Waals surface area contributed by atoms with Gasteiger partial charge in [0, 0.05) is 23.3 Å². The highest BCUT2D eigenvalue weighted by molar-refractivity contribution is 8.00. The Bertz CT molecular complexity index is 473. The van der Waals surface area contributed by atoms with Crippen LogP contribution in [0.2, 0.25) is 0 Å². The van der Waals surface area contributed by atoms with Crippen LogP contribution in [0.3, 0.4) is 0 Å². The number of rotatable bonds is 13. The second-order valence-electron chi connectivity index (χ2n) is 9.92. The van der Waals surface area contributed by atoms with Crippen molar-refractivity contribution in [1.29, 1.82) is 0 Å². The van der Waals surface area contributed by atoms with E-state index in [1.165, 1.54) is 18.6 Å². The molecule has 180 valence electrons. The van der Waals surface area contributed by atoms with Crippen molar-refractivity contribution in [2.24, 2.45) is 17.2 Å². The molecule has 7 heteroatoms. The first-order valence-corrected chi connectivity index (χ1v) is 12.6. The van der Waals surface area contributed by atoms with E-state index in [0.29, 0.717) is 16.5 Å². The fraction of sp³-hybridized carbons (Fsp3) is 0.913. The van der Waals surface area contributed by atoms with Crippen LogP contribution in [0.25, 0.3) is 0 Å². The number of nitrogens with zero attached hydrogens (tertiary/aromatic N) is 2. The van der Waals surface area contributed by atoms with Crippen LogP contribution < -0.4 is 22.6 Å². The fourth-order valence-corrected chi connectivity index (χ4v) is 3.92. The van der Waals surface area contributed by atoms with Crippen LogP contribution in [0, 0.1) is 0 Å². The monoisotopic (exact) mass is 446 g/mol. The smallest absolute Gasteiger partial charge is 0.298 e. The highest BCUT2D eigenvalue weighted by Crippen LogP contribution is 2.24. The summed E-state index contributed by atoms with van der Waals surface area (Å²) in [6.07, 6.45) is 6.57. The molecule has 0 aromatic carbocycles. The van der Waals surface area contributed by atoms with Crippen molar-refractivity contribution in [1.82, 2.24) is 4.90 Å². The molecule has 0 atom stereocenters. The molecule has 0 saturated carbocycles. The molecule has 0 radical (unpaired) electrons. The normalized spacial score (nSPS) is 11.8. The van der Waals surface area contributed by atoms with Crippen LogP contribution in [-0.2, 0) is 0 Å². The first-order valence-electron chi connectivity index (χ1n) is 11.6. The van der Waals surface area contributed by atoms with E-state index in [9.17, 15) is 0 Å². The summed E-state index contributed by atoms with van der Waals surface area (Å²) in [5.74, 6) is 2.22. The minimum atomic E-state index is 0.240. The van der Waals surface area contributed by atoms with E-state index in [1.54, 1.807) is 0 Å². The van der Waals surface area contributed by atoms with Gasteiger partial charge in [0.25, 0.3) is 0 Å². The van der Waals surface area contributed by atoms with Gasteiger partial charge in [0.15, 0.2) is 0 Å². The number of hydrogen-bond acceptors (Lipinski definition) is 2. The van der Waals surface area contributed by atoms with Crippen LogP contribution in [0.1, 0.15) is 93.9 Å². The van der Waals surface area contributed by atoms with Gasteiger partial charge >= 0.3 is 5.96 Å². The van der Waals surface area contributed by atoms with Crippen LogP contribution in [-0.4, -0.2) is 63.5 Å². The Morgan fingerprint density at radius 3 is 1.87 bits per heavy atom. The number of hydrogen-bond donors (Lipinski definition) is 4. The highest BCUT2D eigenvalue weighted by Gasteiger charge is 2.20. The molecule has 0 aliphatic heterocycles. The summed E-state index contributed by atoms with van der Waals surface area (Å²) < 4.78 is 2.46. The first-order chi connectivity index (χ1) is 13.7. The maximum absolute atomic E-state index is 5.69. The van der Waals surface area contributed by atoms with Gasteiger partial charge in [-0.15, -0.1) is 0 Å². The standard InChI is InChI=1S/C14H32N4.C9H20N2S/c1-6-9-17(13(15)16)11-8-12-18(10-7-2)14(3,4)5;1-9(2,3)12-7-5-4-6-8(10)11/h6-12H2,1-5H3,(H3,15,16);4-7H2,1-3H3,(H3,10,11)/p+2. The van der Waals surface area contributed by atoms with E-state index < -0.39 is 0 Å². The number of thioether (sulfide) groups is 1. The fourth-order valence-electron chi connectivity index (χ4n) is 2.95. The Kier molecular flexibility index (Phi) is 17.4. The first kappa shape index (κ1) is 31.2. The van der Waals surface area contributed by atoms with Gasteiger partial charge < -0.3 is 0 Å². The van der Waals surface area contributed by atoms with Gasteiger partial charge in [-0.1, -0.05) is 34.6 Å². The van der Waals surface area contributed by atoms with Crippen LogP contribution in [0.4, 0.5) is 0 Å². The molecule has 0 aliphatic rings. The molecule has 30 heavy (non-hydrogen) atoms. The molecule has 0 rings (SSSR count). The van der Waals surface area contributed by atoms with Gasteiger partial charge in [0.2, 0.25) is 5.84 Å². The van der Waals surface area contributed by atoms with Gasteiger partial charge in [0.05, 0.1) is 13.1 Å². The lowest BCUT2D eigenvalue weighted by molar-refractivity contribution is -0.530. The maximum atomic E-state index is 5.69. The van der Waals surface area contributed by atoms with Crippen LogP contribution >= 0.6 is 11.8 Å². The molecular weight excluding hydrogens is 392 g/mol. The van der Waals surface area contributed by atoms with Crippen molar-refractivity contribution in [2.45, 2.75) is 104 Å². The third-order valence-corrected chi connectivity index (χ3v) is 5.91. The molecule has 0 aromatic rings. The molecule has 0 unspecified atom stereocenters. The summed E-state index contributed by atoms with van der Waals surface area (Å²) in [7, 11) is 0. The van der Waals surface area contributed by atoms with Crippen LogP contribution in [0.5, 0.6) is 0 Å². The molecule has 0 aromatic heterocycles. The largest absolute Gasteiger partial charge is 0.341 e. The summed E-state index contributed by atoms with van der Waals surface area (Å²) in [6.45, 7) is 22.1. The van der Waals surface area contributed by atoms with Crippen molar-refractivity contribution in [2.75, 3.05) is 31.9 Å². The molecule has 0 fully saturated rings. The third kappa shape index (κ3) is 20.3. The Morgan fingerprint density at radius 2 is 1.47 bits per heavy atom. The van der Waals surface area contributed by atoms with E-state index in [-0.39, 0.29) is 5.54 Å². The van der Waals surface area contributed by atoms with Gasteiger partial charge in [-0.25, -0.2) is 0 Å². The summed E-state index contributed by atoms with van der Waals surface area (Å²) >= 11 is 1.99. The summed E-state index contributed by atoms with van der Waals surface area (Å²) in [5.41, 5.74) is 17.0. The second kappa shape index (κ2) is 16.7. The average Bonchev–Trinajstić information content (AvgIpc) is 2.58. The van der Waals surface area contributed by atoms with Gasteiger partial charge in [-0.3, -0.25) is 32.1 Å². The minimum absolute atomic E-state index is 0.240. The lowest BCUT2D eigenvalue weighted by atomic mass is 10.1. The SMILES string of the molecule is CC(C)(C)SCCCCC(N)=[NH2+].CCCN(CCC[N+](CCC)=C(N)N)C(C)(C)C. The number of guanidine groups is 1. The molecule has 0 saturated heterocycles. The zero-order valence-electron chi connectivity index (χ0n) is 21.4. The van der Waals surface area contributed by atoms with Crippen molar-refractivity contribution < 1.29 is 9.98 Å². The van der Waals surface area contributed by atoms with Crippen LogP contribution in [0.15, 0.2) is 0 Å². The topological polar surface area (TPSA) is 110 Å². The number of nitrogens with two attached hydrogens (primary N) is 4. The number of unbranched alkanes of at least 4 members (excludes halogenated alkanes) is 1. The van der Waals surface area contributed by atoms with E-state index >= 15 is 0 Å². The van der Waals surface area contributed by atoms with E-state index in [0.717, 1.165) is 51.9 Å². The van der Waals surface area contributed by atoms with E-state index in [4.69, 9.17) is 22.6 Å². The number of amidine groups is 1. The molecule has 6 nitrogen and oxygen atoms in total. The van der Waals surface area contributed by atoms with E-state index in [1.807, 2.05) is 11.8 Å². The zero-order valence-corrected chi connectivity index (χ0v) is 22.2. The zero-order chi connectivity index (χ0) is 23.8. The van der Waals surface area contributed by atoms with Crippen molar-refractivity contribution >= 4 is 23.6 Å². The highest BCUT2D eigenvalue weighted by atomic mass is 32.2. The molecule has 0 spiro atoms. The predicted molar refractivity (Wildman–Crippen MR) is 137 cm³/mol. The van der Waals surface area contributed by atoms with E-state index in [2.05, 4.69) is 64.9 Å². The summed E-state index contributed by atoms with van der Waals surface area (Å²) in [4.78, 5) is 2.53. The average molecular weight is 447 g/mol. The Morgan fingerprint density at radius 1 is 0.867 bits per heavy atom. The van der Waals surface area contributed by atoms with Gasteiger partial charge in [-0.2, -0.15) is 11.8 Å². The lowest BCUT2D eigenvalue weighted by Crippen LogP contribution is -2.45. The van der Waals surface area contributed by atoms with Crippen molar-refractivity contribution in [3.8, 4) is 0 Å². The quantitative estimate of drug-likeness (QED) is 0.150. The summed E-state index contributed by atoms with van der Waals surface area (Å²) in [6, 6.07) is 0. The lowest BCUT2D eigenvalue weighted by Gasteiger charge is -2.35. The molecule has 0 heterocycles. The molecule has 0 bridgehead atoms. The second-order valence-corrected chi connectivity index (χ2v) is 11.8. The van der Waals surface area contributed by atoms with Gasteiger partial charge in [-0.05, 0) is 65.2 Å². The summed E-state index contributed by atoms with van der Waals surface area (Å²) in [5, 5.41) is 5.35. The molecular formula is C23H54N6S+2.